The first-order valence-electron chi connectivity index (χ1n) is 13.5. The Kier molecular flexibility index (Phi) is 7.04. The molecule has 198 valence electrons. The number of carbonyl (C=O) groups is 1. The van der Waals surface area contributed by atoms with E-state index in [0.717, 1.165) is 16.7 Å². The average molecular weight is 533 g/mol. The van der Waals surface area contributed by atoms with Gasteiger partial charge in [-0.25, -0.2) is 4.58 Å². The highest BCUT2D eigenvalue weighted by Crippen LogP contribution is 2.42. The molecule has 0 fully saturated rings. The number of allylic oxidation sites excluding steroid dienone is 5. The fraction of sp³-hybridized carbons (Fsp3) is 0.235. The molecule has 0 unspecified atom stereocenters. The van der Waals surface area contributed by atoms with Crippen molar-refractivity contribution in [2.75, 3.05) is 33.1 Å². The number of benzene rings is 3. The zero-order chi connectivity index (χ0) is 27.9. The lowest BCUT2D eigenvalue weighted by Crippen LogP contribution is -2.49. The number of amides is 1. The van der Waals surface area contributed by atoms with Crippen LogP contribution in [0.2, 0.25) is 13.1 Å². The summed E-state index contributed by atoms with van der Waals surface area (Å²) < 4.78 is 2.18. The van der Waals surface area contributed by atoms with E-state index in [1.165, 1.54) is 38.5 Å². The fourth-order valence-electron chi connectivity index (χ4n) is 5.58. The minimum absolute atomic E-state index is 0.0578. The molecule has 5 rings (SSSR count). The molecule has 3 aromatic carbocycles. The molecule has 1 amide bonds. The number of rotatable bonds is 5. The minimum atomic E-state index is -2.02. The van der Waals surface area contributed by atoms with Gasteiger partial charge in [0.15, 0.2) is 5.71 Å². The molecule has 4 nitrogen and oxygen atoms in total. The van der Waals surface area contributed by atoms with Crippen LogP contribution in [0.25, 0.3) is 5.57 Å². The lowest BCUT2D eigenvalue weighted by Gasteiger charge is -2.38. The quantitative estimate of drug-likeness (QED) is 0.349. The summed E-state index contributed by atoms with van der Waals surface area (Å²) in [7, 11) is 6.39. The highest BCUT2D eigenvalue weighted by Gasteiger charge is 2.40. The first-order valence-corrected chi connectivity index (χ1v) is 16.5. The van der Waals surface area contributed by atoms with Crippen molar-refractivity contribution in [3.63, 3.8) is 0 Å². The largest absolute Gasteiger partial charge is 0.378 e. The fourth-order valence-corrected chi connectivity index (χ4v) is 8.66. The highest BCUT2D eigenvalue weighted by atomic mass is 28.3. The van der Waals surface area contributed by atoms with Gasteiger partial charge in [0.1, 0.15) is 22.2 Å². The number of hydrogen-bond acceptors (Lipinski definition) is 2. The molecule has 3 aromatic rings. The summed E-state index contributed by atoms with van der Waals surface area (Å²) in [5, 5.41) is 5.97. The molecule has 1 heterocycles. The molecule has 0 saturated carbocycles. The Balaban J connectivity index is 1.67. The number of nitrogens with one attached hydrogen (secondary N) is 1. The normalized spacial score (nSPS) is 15.4. The summed E-state index contributed by atoms with van der Waals surface area (Å²) in [5.41, 5.74) is 10.3. The van der Waals surface area contributed by atoms with E-state index in [0.29, 0.717) is 12.1 Å². The summed E-state index contributed by atoms with van der Waals surface area (Å²) in [5.74, 6) is -0.0578. The molecule has 0 spiro atoms. The predicted molar refractivity (Wildman–Crippen MR) is 167 cm³/mol. The van der Waals surface area contributed by atoms with E-state index in [1.54, 1.807) is 0 Å². The third kappa shape index (κ3) is 4.95. The number of aryl methyl sites for hydroxylation is 1. The summed E-state index contributed by atoms with van der Waals surface area (Å²) >= 11 is 0. The SMILES string of the molecule is Cc1ccc(C(=O)NCc2ccccc2)cc1C1=C2C=CC(=[N+](C)C)C=C2[Si](C)(C)c2cc(N(C)C)ccc21. The van der Waals surface area contributed by atoms with Crippen molar-refractivity contribution in [3.8, 4) is 0 Å². The van der Waals surface area contributed by atoms with Crippen LogP contribution in [-0.4, -0.2) is 52.5 Å². The lowest BCUT2D eigenvalue weighted by atomic mass is 9.86. The minimum Gasteiger partial charge on any atom is -0.378 e. The zero-order valence-electron chi connectivity index (χ0n) is 24.1. The summed E-state index contributed by atoms with van der Waals surface area (Å²) in [4.78, 5) is 15.5. The van der Waals surface area contributed by atoms with Gasteiger partial charge in [-0.1, -0.05) is 55.6 Å². The Bertz CT molecular complexity index is 1590. The highest BCUT2D eigenvalue weighted by molar-refractivity contribution is 6.98. The number of hydrogen-bond donors (Lipinski definition) is 1. The number of carbonyl (C=O) groups excluding carboxylic acids is 1. The van der Waals surface area contributed by atoms with Crippen LogP contribution >= 0.6 is 0 Å². The second-order valence-corrected chi connectivity index (χ2v) is 15.8. The number of fused-ring (bicyclic) bond motifs is 2. The Morgan fingerprint density at radius 1 is 0.923 bits per heavy atom. The van der Waals surface area contributed by atoms with Crippen LogP contribution in [0.4, 0.5) is 5.69 Å². The smallest absolute Gasteiger partial charge is 0.251 e. The molecular weight excluding hydrogens is 494 g/mol. The molecular formula is C34H38N3OSi+. The van der Waals surface area contributed by atoms with Crippen LogP contribution in [0.1, 0.15) is 32.6 Å². The molecule has 0 bridgehead atoms. The van der Waals surface area contributed by atoms with Crippen molar-refractivity contribution >= 4 is 36.1 Å². The van der Waals surface area contributed by atoms with Crippen molar-refractivity contribution in [1.29, 1.82) is 0 Å². The maximum Gasteiger partial charge on any atom is 0.251 e. The molecule has 1 aliphatic carbocycles. The Hall–Kier alpha value is -3.96. The van der Waals surface area contributed by atoms with Gasteiger partial charge in [-0.15, -0.1) is 0 Å². The molecule has 39 heavy (non-hydrogen) atoms. The van der Waals surface area contributed by atoms with Gasteiger partial charge in [-0.2, -0.15) is 0 Å². The van der Waals surface area contributed by atoms with E-state index in [2.05, 4.69) is 112 Å². The summed E-state index contributed by atoms with van der Waals surface area (Å²) in [6.07, 6.45) is 6.89. The van der Waals surface area contributed by atoms with Crippen LogP contribution in [0, 0.1) is 6.92 Å². The first kappa shape index (κ1) is 26.6. The van der Waals surface area contributed by atoms with Crippen LogP contribution in [-0.2, 0) is 6.54 Å². The van der Waals surface area contributed by atoms with E-state index >= 15 is 0 Å². The van der Waals surface area contributed by atoms with E-state index in [-0.39, 0.29) is 5.91 Å². The molecule has 0 saturated heterocycles. The maximum absolute atomic E-state index is 13.3. The third-order valence-electron chi connectivity index (χ3n) is 7.99. The Morgan fingerprint density at radius 3 is 2.36 bits per heavy atom. The molecule has 1 aliphatic heterocycles. The molecule has 5 heteroatoms. The van der Waals surface area contributed by atoms with Crippen molar-refractivity contribution in [3.05, 3.63) is 124 Å². The standard InChI is InChI=1S/C34H37N3OSi/c1-23-13-14-25(34(38)35-22-24-11-9-8-10-12-24)19-30(23)33-28-17-15-26(36(2)3)20-31(28)39(6,7)32-21-27(37(4)5)16-18-29(32)33/h8-21H,22H2,1-7H3/p+1. The van der Waals surface area contributed by atoms with Crippen molar-refractivity contribution in [1.82, 2.24) is 5.32 Å². The van der Waals surface area contributed by atoms with Gasteiger partial charge in [0.05, 0.1) is 0 Å². The molecule has 0 radical (unpaired) electrons. The molecule has 1 N–H and O–H groups in total. The van der Waals surface area contributed by atoms with Gasteiger partial charge in [-0.05, 0) is 81.0 Å². The first-order chi connectivity index (χ1) is 18.6. The van der Waals surface area contributed by atoms with Crippen molar-refractivity contribution < 1.29 is 9.37 Å². The van der Waals surface area contributed by atoms with E-state index in [1.807, 2.05) is 36.4 Å². The Labute approximate surface area is 233 Å². The van der Waals surface area contributed by atoms with Crippen molar-refractivity contribution in [2.24, 2.45) is 0 Å². The van der Waals surface area contributed by atoms with E-state index in [9.17, 15) is 4.79 Å². The van der Waals surface area contributed by atoms with Gasteiger partial charge < -0.3 is 10.2 Å². The number of nitrogens with zero attached hydrogens (tertiary/aromatic N) is 2. The van der Waals surface area contributed by atoms with Crippen LogP contribution in [0.5, 0.6) is 0 Å². The van der Waals surface area contributed by atoms with Gasteiger partial charge in [0.25, 0.3) is 5.91 Å². The number of anilines is 1. The molecule has 2 aliphatic rings. The van der Waals surface area contributed by atoms with Gasteiger partial charge in [-0.3, -0.25) is 4.79 Å². The molecule has 0 atom stereocenters. The van der Waals surface area contributed by atoms with Gasteiger partial charge >= 0.3 is 0 Å². The van der Waals surface area contributed by atoms with Gasteiger partial charge in [0, 0.05) is 44.0 Å². The van der Waals surface area contributed by atoms with E-state index < -0.39 is 8.07 Å². The molecule has 0 aromatic heterocycles. The monoisotopic (exact) mass is 532 g/mol. The lowest BCUT2D eigenvalue weighted by molar-refractivity contribution is -0.462. The van der Waals surface area contributed by atoms with E-state index in [4.69, 9.17) is 0 Å². The second kappa shape index (κ2) is 10.3. The summed E-state index contributed by atoms with van der Waals surface area (Å²) in [6, 6.07) is 23.0. The second-order valence-electron chi connectivity index (χ2n) is 11.4. The predicted octanol–water partition coefficient (Wildman–Crippen LogP) is 5.47. The third-order valence-corrected chi connectivity index (χ3v) is 11.5. The Morgan fingerprint density at radius 2 is 1.67 bits per heavy atom. The average Bonchev–Trinajstić information content (AvgIpc) is 2.93. The zero-order valence-corrected chi connectivity index (χ0v) is 25.1. The van der Waals surface area contributed by atoms with Crippen molar-refractivity contribution in [2.45, 2.75) is 26.6 Å². The van der Waals surface area contributed by atoms with Crippen LogP contribution < -0.4 is 15.4 Å². The van der Waals surface area contributed by atoms with Crippen LogP contribution in [0.15, 0.2) is 95.7 Å². The topological polar surface area (TPSA) is 35.4 Å². The summed E-state index contributed by atoms with van der Waals surface area (Å²) in [6.45, 7) is 7.57. The maximum atomic E-state index is 13.3. The van der Waals surface area contributed by atoms with Crippen LogP contribution in [0.3, 0.4) is 0 Å². The van der Waals surface area contributed by atoms with Gasteiger partial charge in [0.2, 0.25) is 0 Å².